The van der Waals surface area contributed by atoms with Gasteiger partial charge in [-0.3, -0.25) is 0 Å². The molecule has 0 aromatic heterocycles. The Labute approximate surface area is 119 Å². The predicted molar refractivity (Wildman–Crippen MR) is 78.0 cm³/mol. The van der Waals surface area contributed by atoms with Crippen molar-refractivity contribution in [2.24, 2.45) is 5.73 Å². The first-order valence-corrected chi connectivity index (χ1v) is 8.33. The molecular weight excluding hydrogens is 286 g/mol. The van der Waals surface area contributed by atoms with Crippen LogP contribution in [0.25, 0.3) is 0 Å². The van der Waals surface area contributed by atoms with Crippen molar-refractivity contribution in [3.05, 3.63) is 28.8 Å². The largest absolute Gasteiger partial charge is 0.369 e. The van der Waals surface area contributed by atoms with E-state index in [9.17, 15) is 8.42 Å². The smallest absolute Gasteiger partial charge is 0.211 e. The fraction of sp³-hybridized carbons (Fsp3) is 0.500. The molecule has 1 aromatic carbocycles. The van der Waals surface area contributed by atoms with Crippen molar-refractivity contribution in [2.75, 3.05) is 37.3 Å². The van der Waals surface area contributed by atoms with Crippen molar-refractivity contribution in [3.8, 4) is 0 Å². The molecule has 0 radical (unpaired) electrons. The Hall–Kier alpha value is -0.820. The van der Waals surface area contributed by atoms with Crippen molar-refractivity contribution >= 4 is 27.3 Å². The highest BCUT2D eigenvalue weighted by atomic mass is 35.5. The maximum Gasteiger partial charge on any atom is 0.211 e. The molecule has 1 aromatic rings. The Kier molecular flexibility index (Phi) is 4.35. The average Bonchev–Trinajstić information content (AvgIpc) is 2.38. The van der Waals surface area contributed by atoms with Crippen LogP contribution in [-0.4, -0.2) is 45.2 Å². The van der Waals surface area contributed by atoms with E-state index in [4.69, 9.17) is 17.3 Å². The van der Waals surface area contributed by atoms with E-state index in [1.807, 2.05) is 18.2 Å². The van der Waals surface area contributed by atoms with Crippen LogP contribution in [0.3, 0.4) is 0 Å². The van der Waals surface area contributed by atoms with Crippen LogP contribution >= 0.6 is 11.6 Å². The van der Waals surface area contributed by atoms with E-state index in [1.165, 1.54) is 10.6 Å². The molecule has 0 amide bonds. The number of nitrogens with two attached hydrogens (primary N) is 1. The third-order valence-electron chi connectivity index (χ3n) is 3.32. The molecule has 1 saturated heterocycles. The van der Waals surface area contributed by atoms with Crippen LogP contribution in [0.5, 0.6) is 0 Å². The molecule has 5 nitrogen and oxygen atoms in total. The van der Waals surface area contributed by atoms with Crippen molar-refractivity contribution in [1.82, 2.24) is 4.31 Å². The summed E-state index contributed by atoms with van der Waals surface area (Å²) >= 11 is 6.02. The summed E-state index contributed by atoms with van der Waals surface area (Å²) in [7, 11) is -3.10. The summed E-state index contributed by atoms with van der Waals surface area (Å²) in [6, 6.07) is 5.63. The molecule has 106 valence electrons. The SMILES string of the molecule is CS(=O)(=O)N1CCN(c2cc(Cl)ccc2CN)CC1. The van der Waals surface area contributed by atoms with Gasteiger partial charge >= 0.3 is 0 Å². The lowest BCUT2D eigenvalue weighted by Gasteiger charge is -2.35. The van der Waals surface area contributed by atoms with Gasteiger partial charge in [0.05, 0.1) is 6.26 Å². The number of hydrogen-bond acceptors (Lipinski definition) is 4. The molecule has 0 saturated carbocycles. The van der Waals surface area contributed by atoms with Crippen molar-refractivity contribution in [2.45, 2.75) is 6.54 Å². The predicted octanol–water partition coefficient (Wildman–Crippen LogP) is 0.880. The zero-order chi connectivity index (χ0) is 14.0. The molecule has 7 heteroatoms. The second kappa shape index (κ2) is 5.66. The summed E-state index contributed by atoms with van der Waals surface area (Å²) in [5, 5.41) is 0.665. The zero-order valence-corrected chi connectivity index (χ0v) is 12.4. The molecule has 1 aliphatic heterocycles. The maximum atomic E-state index is 11.5. The summed E-state index contributed by atoms with van der Waals surface area (Å²) < 4.78 is 24.4. The summed E-state index contributed by atoms with van der Waals surface area (Å²) in [6.45, 7) is 2.74. The lowest BCUT2D eigenvalue weighted by Crippen LogP contribution is -2.48. The number of rotatable bonds is 3. The average molecular weight is 304 g/mol. The van der Waals surface area contributed by atoms with E-state index in [1.54, 1.807) is 0 Å². The number of hydrogen-bond donors (Lipinski definition) is 1. The van der Waals surface area contributed by atoms with Gasteiger partial charge in [-0.15, -0.1) is 0 Å². The minimum Gasteiger partial charge on any atom is -0.369 e. The Morgan fingerprint density at radius 2 is 1.89 bits per heavy atom. The van der Waals surface area contributed by atoms with E-state index in [0.717, 1.165) is 11.3 Å². The van der Waals surface area contributed by atoms with Gasteiger partial charge in [-0.2, -0.15) is 4.31 Å². The van der Waals surface area contributed by atoms with Crippen molar-refractivity contribution < 1.29 is 8.42 Å². The first kappa shape index (κ1) is 14.6. The number of halogens is 1. The lowest BCUT2D eigenvalue weighted by atomic mass is 10.1. The number of sulfonamides is 1. The summed E-state index contributed by atoms with van der Waals surface area (Å²) in [4.78, 5) is 2.13. The molecular formula is C12H18ClN3O2S. The van der Waals surface area contributed by atoms with E-state index in [0.29, 0.717) is 37.7 Å². The van der Waals surface area contributed by atoms with Gasteiger partial charge in [0.2, 0.25) is 10.0 Å². The highest BCUT2D eigenvalue weighted by Gasteiger charge is 2.24. The third-order valence-corrected chi connectivity index (χ3v) is 4.85. The van der Waals surface area contributed by atoms with Gasteiger partial charge in [-0.05, 0) is 17.7 Å². The monoisotopic (exact) mass is 303 g/mol. The van der Waals surface area contributed by atoms with Crippen LogP contribution in [0.2, 0.25) is 5.02 Å². The molecule has 0 aliphatic carbocycles. The number of nitrogens with zero attached hydrogens (tertiary/aromatic N) is 2. The fourth-order valence-corrected chi connectivity index (χ4v) is 3.26. The van der Waals surface area contributed by atoms with Crippen molar-refractivity contribution in [1.29, 1.82) is 0 Å². The number of benzene rings is 1. The molecule has 0 unspecified atom stereocenters. The molecule has 0 bridgehead atoms. The number of piperazine rings is 1. The summed E-state index contributed by atoms with van der Waals surface area (Å²) in [6.07, 6.45) is 1.24. The first-order chi connectivity index (χ1) is 8.91. The second-order valence-electron chi connectivity index (χ2n) is 4.63. The second-order valence-corrected chi connectivity index (χ2v) is 7.05. The summed E-state index contributed by atoms with van der Waals surface area (Å²) in [5.41, 5.74) is 7.76. The van der Waals surface area contributed by atoms with Crippen LogP contribution in [-0.2, 0) is 16.6 Å². The maximum absolute atomic E-state index is 11.5. The van der Waals surface area contributed by atoms with Gasteiger partial charge in [0.1, 0.15) is 0 Å². The van der Waals surface area contributed by atoms with Gasteiger partial charge in [0.25, 0.3) is 0 Å². The lowest BCUT2D eigenvalue weighted by molar-refractivity contribution is 0.388. The number of anilines is 1. The molecule has 1 heterocycles. The molecule has 1 fully saturated rings. The topological polar surface area (TPSA) is 66.6 Å². The zero-order valence-electron chi connectivity index (χ0n) is 10.8. The molecule has 2 rings (SSSR count). The quantitative estimate of drug-likeness (QED) is 0.900. The van der Waals surface area contributed by atoms with Crippen LogP contribution in [0.1, 0.15) is 5.56 Å². The van der Waals surface area contributed by atoms with Gasteiger partial charge in [-0.25, -0.2) is 8.42 Å². The molecule has 1 aliphatic rings. The minimum absolute atomic E-state index is 0.443. The van der Waals surface area contributed by atoms with E-state index >= 15 is 0 Å². The highest BCUT2D eigenvalue weighted by molar-refractivity contribution is 7.88. The van der Waals surface area contributed by atoms with Gasteiger partial charge in [0, 0.05) is 43.4 Å². The molecule has 19 heavy (non-hydrogen) atoms. The Bertz CT molecular complexity index is 554. The summed E-state index contributed by atoms with van der Waals surface area (Å²) in [5.74, 6) is 0. The Balaban J connectivity index is 2.16. The fourth-order valence-electron chi connectivity index (χ4n) is 2.26. The standard InChI is InChI=1S/C12H18ClN3O2S/c1-19(17,18)16-6-4-15(5-7-16)12-8-11(13)3-2-10(12)9-14/h2-3,8H,4-7,9,14H2,1H3. The Morgan fingerprint density at radius 1 is 1.26 bits per heavy atom. The van der Waals surface area contributed by atoms with E-state index < -0.39 is 10.0 Å². The van der Waals surface area contributed by atoms with Gasteiger partial charge in [0.15, 0.2) is 0 Å². The highest BCUT2D eigenvalue weighted by Crippen LogP contribution is 2.26. The first-order valence-electron chi connectivity index (χ1n) is 6.10. The Morgan fingerprint density at radius 3 is 2.42 bits per heavy atom. The van der Waals surface area contributed by atoms with Gasteiger partial charge in [-0.1, -0.05) is 17.7 Å². The normalized spacial score (nSPS) is 17.7. The van der Waals surface area contributed by atoms with Crippen LogP contribution in [0.4, 0.5) is 5.69 Å². The van der Waals surface area contributed by atoms with E-state index in [-0.39, 0.29) is 0 Å². The van der Waals surface area contributed by atoms with Crippen molar-refractivity contribution in [3.63, 3.8) is 0 Å². The van der Waals surface area contributed by atoms with Crippen LogP contribution in [0, 0.1) is 0 Å². The van der Waals surface area contributed by atoms with Crippen LogP contribution < -0.4 is 10.6 Å². The molecule has 2 N–H and O–H groups in total. The molecule has 0 atom stereocenters. The van der Waals surface area contributed by atoms with E-state index in [2.05, 4.69) is 4.90 Å². The van der Waals surface area contributed by atoms with Gasteiger partial charge < -0.3 is 10.6 Å². The van der Waals surface area contributed by atoms with Crippen LogP contribution in [0.15, 0.2) is 18.2 Å². The minimum atomic E-state index is -3.10. The molecule has 0 spiro atoms. The third kappa shape index (κ3) is 3.39.